The first-order valence-electron chi connectivity index (χ1n) is 11.7. The molecule has 1 fully saturated rings. The lowest BCUT2D eigenvalue weighted by Crippen LogP contribution is -2.55. The number of nitrogens with zero attached hydrogens (tertiary/aromatic N) is 4. The molecule has 1 aliphatic rings. The molecule has 8 nitrogen and oxygen atoms in total. The zero-order valence-electron chi connectivity index (χ0n) is 20.5. The fourth-order valence-electron chi connectivity index (χ4n) is 3.96. The molecule has 1 atom stereocenters. The van der Waals surface area contributed by atoms with Gasteiger partial charge >= 0.3 is 6.03 Å². The fraction of sp³-hybridized carbons (Fsp3) is 0.308. The van der Waals surface area contributed by atoms with Crippen molar-refractivity contribution >= 4 is 52.5 Å². The normalized spacial score (nSPS) is 15.5. The molecule has 3 aromatic rings. The highest BCUT2D eigenvalue weighted by Crippen LogP contribution is 2.25. The second-order valence-corrected chi connectivity index (χ2v) is 10.2. The zero-order valence-corrected chi connectivity index (χ0v) is 22.1. The van der Waals surface area contributed by atoms with Gasteiger partial charge in [0, 0.05) is 43.1 Å². The molecule has 0 aliphatic carbocycles. The number of aryl methyl sites for hydroxylation is 2. The third kappa shape index (κ3) is 6.89. The summed E-state index contributed by atoms with van der Waals surface area (Å²) in [5, 5.41) is 6.60. The molecule has 2 aromatic carbocycles. The molecule has 1 aliphatic heterocycles. The van der Waals surface area contributed by atoms with E-state index in [4.69, 9.17) is 11.6 Å². The number of hydrogen-bond donors (Lipinski definition) is 2. The first kappa shape index (κ1) is 25.8. The summed E-state index contributed by atoms with van der Waals surface area (Å²) in [6.07, 6.45) is 0. The first-order valence-corrected chi connectivity index (χ1v) is 13.1. The van der Waals surface area contributed by atoms with Crippen LogP contribution in [0.2, 0.25) is 5.15 Å². The number of thioether (sulfide) groups is 1. The Balaban J connectivity index is 1.34. The van der Waals surface area contributed by atoms with Gasteiger partial charge in [-0.3, -0.25) is 4.79 Å². The zero-order chi connectivity index (χ0) is 25.7. The lowest BCUT2D eigenvalue weighted by Gasteiger charge is -2.40. The molecule has 0 radical (unpaired) electrons. The first-order chi connectivity index (χ1) is 17.3. The number of amides is 3. The molecule has 4 rings (SSSR count). The molecule has 0 spiro atoms. The quantitative estimate of drug-likeness (QED) is 0.261. The number of hydrogen-bond acceptors (Lipinski definition) is 6. The molecule has 2 heterocycles. The van der Waals surface area contributed by atoms with Gasteiger partial charge in [-0.25, -0.2) is 14.8 Å². The van der Waals surface area contributed by atoms with Gasteiger partial charge in [-0.1, -0.05) is 53.2 Å². The van der Waals surface area contributed by atoms with Gasteiger partial charge in [-0.2, -0.15) is 0 Å². The molecular weight excluding hydrogens is 496 g/mol. The van der Waals surface area contributed by atoms with Crippen LogP contribution in [0.25, 0.3) is 0 Å². The van der Waals surface area contributed by atoms with Gasteiger partial charge in [0.15, 0.2) is 5.16 Å². The third-order valence-electron chi connectivity index (χ3n) is 5.81. The largest absolute Gasteiger partial charge is 0.353 e. The van der Waals surface area contributed by atoms with Gasteiger partial charge in [0.1, 0.15) is 11.0 Å². The highest BCUT2D eigenvalue weighted by atomic mass is 35.5. The molecule has 1 aromatic heterocycles. The molecule has 188 valence electrons. The van der Waals surface area contributed by atoms with Crippen molar-refractivity contribution in [2.45, 2.75) is 32.0 Å². The van der Waals surface area contributed by atoms with Gasteiger partial charge in [-0.05, 0) is 50.6 Å². The van der Waals surface area contributed by atoms with E-state index < -0.39 is 0 Å². The van der Waals surface area contributed by atoms with Crippen molar-refractivity contribution in [3.63, 3.8) is 0 Å². The number of aromatic nitrogens is 2. The standard InChI is InChI=1S/C26H29ClN6O2S/c1-17-7-9-20(10-8-17)28-24(34)16-36-25-30-22(27)14-23(31-25)32-11-12-33(19(3)15-32)26(35)29-21-6-4-5-18(2)13-21/h4-10,13-14,19H,11-12,15-16H2,1-3H3,(H,28,34)(H,29,35)/t19-/m0/s1. The number of nitrogens with one attached hydrogen (secondary N) is 2. The number of anilines is 3. The number of carbonyl (C=O) groups is 2. The number of piperazine rings is 1. The van der Waals surface area contributed by atoms with Crippen molar-refractivity contribution in [1.29, 1.82) is 0 Å². The second kappa shape index (κ2) is 11.6. The predicted molar refractivity (Wildman–Crippen MR) is 146 cm³/mol. The van der Waals surface area contributed by atoms with Crippen LogP contribution in [0, 0.1) is 13.8 Å². The molecule has 2 N–H and O–H groups in total. The van der Waals surface area contributed by atoms with Crippen molar-refractivity contribution in [3.05, 3.63) is 70.9 Å². The lowest BCUT2D eigenvalue weighted by molar-refractivity contribution is -0.113. The van der Waals surface area contributed by atoms with E-state index in [0.29, 0.717) is 35.8 Å². The van der Waals surface area contributed by atoms with Crippen molar-refractivity contribution in [2.75, 3.05) is 40.9 Å². The number of carbonyl (C=O) groups excluding carboxylic acids is 2. The number of rotatable bonds is 6. The van der Waals surface area contributed by atoms with E-state index in [1.54, 1.807) is 6.07 Å². The van der Waals surface area contributed by atoms with Gasteiger partial charge < -0.3 is 20.4 Å². The Morgan fingerprint density at radius 1 is 1.00 bits per heavy atom. The summed E-state index contributed by atoms with van der Waals surface area (Å²) in [7, 11) is 0. The molecule has 10 heteroatoms. The van der Waals surface area contributed by atoms with E-state index in [-0.39, 0.29) is 23.7 Å². The maximum Gasteiger partial charge on any atom is 0.322 e. The van der Waals surface area contributed by atoms with E-state index in [9.17, 15) is 9.59 Å². The fourth-order valence-corrected chi connectivity index (χ4v) is 4.84. The van der Waals surface area contributed by atoms with Crippen LogP contribution in [0.4, 0.5) is 22.0 Å². The summed E-state index contributed by atoms with van der Waals surface area (Å²) >= 11 is 7.51. The SMILES string of the molecule is Cc1ccc(NC(=O)CSc2nc(Cl)cc(N3CCN(C(=O)Nc4cccc(C)c4)[C@@H](C)C3)n2)cc1. The smallest absolute Gasteiger partial charge is 0.322 e. The highest BCUT2D eigenvalue weighted by molar-refractivity contribution is 7.99. The van der Waals surface area contributed by atoms with Gasteiger partial charge in [0.05, 0.1) is 5.75 Å². The van der Waals surface area contributed by atoms with Crippen LogP contribution < -0.4 is 15.5 Å². The Kier molecular flexibility index (Phi) is 8.32. The maximum atomic E-state index is 12.8. The van der Waals surface area contributed by atoms with Crippen LogP contribution >= 0.6 is 23.4 Å². The van der Waals surface area contributed by atoms with E-state index in [1.165, 1.54) is 11.8 Å². The highest BCUT2D eigenvalue weighted by Gasteiger charge is 2.28. The van der Waals surface area contributed by atoms with Gasteiger partial charge in [-0.15, -0.1) is 0 Å². The minimum absolute atomic E-state index is 0.0336. The average molecular weight is 525 g/mol. The summed E-state index contributed by atoms with van der Waals surface area (Å²) < 4.78 is 0. The van der Waals surface area contributed by atoms with Crippen molar-refractivity contribution in [2.24, 2.45) is 0 Å². The van der Waals surface area contributed by atoms with E-state index >= 15 is 0 Å². The maximum absolute atomic E-state index is 12.8. The Bertz CT molecular complexity index is 1240. The minimum atomic E-state index is -0.143. The molecule has 0 saturated carbocycles. The molecule has 1 saturated heterocycles. The molecule has 3 amide bonds. The third-order valence-corrected chi connectivity index (χ3v) is 6.85. The number of urea groups is 1. The summed E-state index contributed by atoms with van der Waals surface area (Å²) in [4.78, 5) is 38.0. The van der Waals surface area contributed by atoms with Crippen molar-refractivity contribution < 1.29 is 9.59 Å². The Morgan fingerprint density at radius 2 is 1.78 bits per heavy atom. The van der Waals surface area contributed by atoms with Gasteiger partial charge in [0.25, 0.3) is 0 Å². The van der Waals surface area contributed by atoms with Crippen LogP contribution in [0.3, 0.4) is 0 Å². The Hall–Kier alpha value is -3.30. The molecule has 0 bridgehead atoms. The van der Waals surface area contributed by atoms with E-state index in [0.717, 1.165) is 22.5 Å². The van der Waals surface area contributed by atoms with E-state index in [2.05, 4.69) is 25.5 Å². The van der Waals surface area contributed by atoms with Crippen molar-refractivity contribution in [3.8, 4) is 0 Å². The summed E-state index contributed by atoms with van der Waals surface area (Å²) in [6.45, 7) is 7.75. The van der Waals surface area contributed by atoms with E-state index in [1.807, 2.05) is 74.2 Å². The van der Waals surface area contributed by atoms with Crippen LogP contribution in [0.5, 0.6) is 0 Å². The average Bonchev–Trinajstić information content (AvgIpc) is 2.84. The minimum Gasteiger partial charge on any atom is -0.353 e. The summed E-state index contributed by atoms with van der Waals surface area (Å²) in [5.74, 6) is 0.703. The number of halogens is 1. The lowest BCUT2D eigenvalue weighted by atomic mass is 10.2. The monoisotopic (exact) mass is 524 g/mol. The van der Waals surface area contributed by atoms with Crippen LogP contribution in [-0.4, -0.2) is 58.2 Å². The van der Waals surface area contributed by atoms with Crippen LogP contribution in [-0.2, 0) is 4.79 Å². The topological polar surface area (TPSA) is 90.5 Å². The molecular formula is C26H29ClN6O2S. The summed E-state index contributed by atoms with van der Waals surface area (Å²) in [5.41, 5.74) is 3.75. The van der Waals surface area contributed by atoms with Crippen LogP contribution in [0.15, 0.2) is 59.8 Å². The Labute approximate surface area is 220 Å². The van der Waals surface area contributed by atoms with Crippen molar-refractivity contribution in [1.82, 2.24) is 14.9 Å². The van der Waals surface area contributed by atoms with Gasteiger partial charge in [0.2, 0.25) is 5.91 Å². The molecule has 36 heavy (non-hydrogen) atoms. The number of benzene rings is 2. The molecule has 0 unspecified atom stereocenters. The predicted octanol–water partition coefficient (Wildman–Crippen LogP) is 5.22. The Morgan fingerprint density at radius 3 is 2.50 bits per heavy atom. The second-order valence-electron chi connectivity index (χ2n) is 8.82. The summed E-state index contributed by atoms with van der Waals surface area (Å²) in [6, 6.07) is 16.9. The van der Waals surface area contributed by atoms with Crippen LogP contribution in [0.1, 0.15) is 18.1 Å².